The van der Waals surface area contributed by atoms with E-state index in [4.69, 9.17) is 4.74 Å². The van der Waals surface area contributed by atoms with Gasteiger partial charge in [-0.15, -0.1) is 0 Å². The molecular formula is C25H26N2O3S. The molecule has 3 aromatic rings. The van der Waals surface area contributed by atoms with Gasteiger partial charge >= 0.3 is 0 Å². The van der Waals surface area contributed by atoms with Gasteiger partial charge in [0.1, 0.15) is 5.75 Å². The Morgan fingerprint density at radius 3 is 2.55 bits per heavy atom. The van der Waals surface area contributed by atoms with Crippen LogP contribution in [0.2, 0.25) is 0 Å². The number of rotatable bonds is 6. The Balaban J connectivity index is 1.55. The monoisotopic (exact) mass is 434 g/mol. The molecule has 160 valence electrons. The number of carbonyl (C=O) groups is 2. The molecule has 0 saturated carbocycles. The van der Waals surface area contributed by atoms with Crippen molar-refractivity contribution in [1.82, 2.24) is 10.2 Å². The van der Waals surface area contributed by atoms with E-state index in [-0.39, 0.29) is 11.8 Å². The molecule has 1 aromatic heterocycles. The van der Waals surface area contributed by atoms with Crippen LogP contribution in [-0.2, 0) is 11.2 Å². The number of carbonyl (C=O) groups excluding carboxylic acids is 2. The van der Waals surface area contributed by atoms with E-state index >= 15 is 0 Å². The Morgan fingerprint density at radius 2 is 1.87 bits per heavy atom. The fourth-order valence-corrected chi connectivity index (χ4v) is 5.01. The van der Waals surface area contributed by atoms with Crippen LogP contribution in [-0.4, -0.2) is 44.0 Å². The number of hydrogen-bond donors (Lipinski definition) is 1. The third kappa shape index (κ3) is 4.21. The molecule has 6 heteroatoms. The second kappa shape index (κ2) is 8.94. The van der Waals surface area contributed by atoms with Gasteiger partial charge in [0, 0.05) is 20.1 Å². The highest BCUT2D eigenvalue weighted by atomic mass is 32.1. The van der Waals surface area contributed by atoms with E-state index < -0.39 is 5.41 Å². The summed E-state index contributed by atoms with van der Waals surface area (Å²) in [5, 5.41) is 7.01. The average molecular weight is 435 g/mol. The van der Waals surface area contributed by atoms with Gasteiger partial charge in [-0.1, -0.05) is 36.4 Å². The molecule has 2 aromatic carbocycles. The molecule has 0 spiro atoms. The zero-order valence-electron chi connectivity index (χ0n) is 17.8. The van der Waals surface area contributed by atoms with Gasteiger partial charge in [0.05, 0.1) is 18.1 Å². The fraction of sp³-hybridized carbons (Fsp3) is 0.280. The number of nitrogens with zero attached hydrogens (tertiary/aromatic N) is 1. The van der Waals surface area contributed by atoms with Crippen molar-refractivity contribution in [3.05, 3.63) is 76.5 Å². The van der Waals surface area contributed by atoms with Gasteiger partial charge in [-0.2, -0.15) is 11.3 Å². The lowest BCUT2D eigenvalue weighted by atomic mass is 9.79. The molecule has 1 aliphatic rings. The Morgan fingerprint density at radius 1 is 1.10 bits per heavy atom. The van der Waals surface area contributed by atoms with Crippen LogP contribution < -0.4 is 10.1 Å². The van der Waals surface area contributed by atoms with Crippen LogP contribution in [0.1, 0.15) is 22.3 Å². The zero-order valence-corrected chi connectivity index (χ0v) is 18.6. The van der Waals surface area contributed by atoms with E-state index in [2.05, 4.69) is 46.4 Å². The smallest absolute Gasteiger partial charge is 0.257 e. The summed E-state index contributed by atoms with van der Waals surface area (Å²) in [6.45, 7) is 0.924. The third-order valence-corrected chi connectivity index (χ3v) is 6.72. The summed E-state index contributed by atoms with van der Waals surface area (Å²) in [4.78, 5) is 27.9. The van der Waals surface area contributed by atoms with Crippen molar-refractivity contribution in [2.45, 2.75) is 12.8 Å². The maximum atomic E-state index is 13.2. The molecule has 2 amide bonds. The lowest BCUT2D eigenvalue weighted by Gasteiger charge is -2.28. The Labute approximate surface area is 186 Å². The highest BCUT2D eigenvalue weighted by molar-refractivity contribution is 7.08. The Kier molecular flexibility index (Phi) is 6.09. The van der Waals surface area contributed by atoms with Crippen LogP contribution in [0.4, 0.5) is 0 Å². The topological polar surface area (TPSA) is 58.6 Å². The van der Waals surface area contributed by atoms with Crippen molar-refractivity contribution in [2.24, 2.45) is 5.41 Å². The van der Waals surface area contributed by atoms with Crippen LogP contribution in [0, 0.1) is 5.41 Å². The van der Waals surface area contributed by atoms with E-state index in [9.17, 15) is 9.59 Å². The number of para-hydroxylation sites is 1. The van der Waals surface area contributed by atoms with E-state index in [0.29, 0.717) is 37.2 Å². The van der Waals surface area contributed by atoms with E-state index in [1.54, 1.807) is 42.5 Å². The molecular weight excluding hydrogens is 408 g/mol. The number of ether oxygens (including phenoxy) is 1. The minimum atomic E-state index is -0.643. The van der Waals surface area contributed by atoms with Crippen LogP contribution in [0.3, 0.4) is 0 Å². The van der Waals surface area contributed by atoms with Crippen LogP contribution >= 0.6 is 11.3 Å². The summed E-state index contributed by atoms with van der Waals surface area (Å²) in [5.41, 5.74) is 3.34. The summed E-state index contributed by atoms with van der Waals surface area (Å²) in [6.07, 6.45) is 1.21. The van der Waals surface area contributed by atoms with E-state index in [1.165, 1.54) is 11.1 Å². The van der Waals surface area contributed by atoms with Crippen LogP contribution in [0.25, 0.3) is 11.1 Å². The zero-order chi connectivity index (χ0) is 21.8. The van der Waals surface area contributed by atoms with Gasteiger partial charge in [0.25, 0.3) is 5.91 Å². The van der Waals surface area contributed by atoms with Crippen molar-refractivity contribution in [2.75, 3.05) is 27.2 Å². The third-order valence-electron chi connectivity index (χ3n) is 6.04. The average Bonchev–Trinajstić information content (AvgIpc) is 3.50. The predicted octanol–water partition coefficient (Wildman–Crippen LogP) is 4.24. The molecule has 1 saturated heterocycles. The molecule has 1 fully saturated rings. The summed E-state index contributed by atoms with van der Waals surface area (Å²) >= 11 is 1.68. The number of thiophene rings is 1. The number of likely N-dealkylation sites (tertiary alicyclic amines) is 1. The van der Waals surface area contributed by atoms with Crippen molar-refractivity contribution < 1.29 is 14.3 Å². The van der Waals surface area contributed by atoms with Gasteiger partial charge < -0.3 is 15.0 Å². The molecule has 5 nitrogen and oxygen atoms in total. The Hall–Kier alpha value is -3.12. The number of benzene rings is 2. The highest BCUT2D eigenvalue weighted by Gasteiger charge is 2.45. The van der Waals surface area contributed by atoms with Gasteiger partial charge in [0.15, 0.2) is 0 Å². The summed E-state index contributed by atoms with van der Waals surface area (Å²) in [5.74, 6) is 0.426. The van der Waals surface area contributed by atoms with Gasteiger partial charge in [-0.25, -0.2) is 0 Å². The molecule has 0 unspecified atom stereocenters. The van der Waals surface area contributed by atoms with E-state index in [1.807, 2.05) is 12.1 Å². The first-order valence-corrected chi connectivity index (χ1v) is 11.3. The molecule has 0 aliphatic carbocycles. The summed E-state index contributed by atoms with van der Waals surface area (Å²) < 4.78 is 5.36. The van der Waals surface area contributed by atoms with Gasteiger partial charge in [-0.3, -0.25) is 9.59 Å². The maximum Gasteiger partial charge on any atom is 0.257 e. The highest BCUT2D eigenvalue weighted by Crippen LogP contribution is 2.36. The molecule has 0 radical (unpaired) electrons. The first-order valence-electron chi connectivity index (χ1n) is 10.3. The number of nitrogens with one attached hydrogen (secondary N) is 1. The normalized spacial score (nSPS) is 18.1. The number of hydrogen-bond acceptors (Lipinski definition) is 4. The first kappa shape index (κ1) is 21.1. The molecule has 2 heterocycles. The molecule has 4 rings (SSSR count). The standard InChI is InChI=1S/C25H26N2O3S/c1-26-24(29)25(15-18-7-9-19(10-8-18)20-11-14-31-16-20)12-13-27(17-25)23(28)21-5-3-4-6-22(21)30-2/h3-11,14,16H,12-13,15,17H2,1-2H3,(H,26,29)/t25-/m0/s1. The van der Waals surface area contributed by atoms with Gasteiger partial charge in [0.2, 0.25) is 5.91 Å². The SMILES string of the molecule is CNC(=O)[C@]1(Cc2ccc(-c3ccsc3)cc2)CCN(C(=O)c2ccccc2OC)C1. The minimum absolute atomic E-state index is 0.0234. The summed E-state index contributed by atoms with van der Waals surface area (Å²) in [7, 11) is 3.22. The lowest BCUT2D eigenvalue weighted by molar-refractivity contribution is -0.129. The van der Waals surface area contributed by atoms with Crippen molar-refractivity contribution in [3.8, 4) is 16.9 Å². The summed E-state index contributed by atoms with van der Waals surface area (Å²) in [6, 6.07) is 17.7. The molecule has 1 aliphatic heterocycles. The predicted molar refractivity (Wildman–Crippen MR) is 123 cm³/mol. The van der Waals surface area contributed by atoms with Gasteiger partial charge in [-0.05, 0) is 58.5 Å². The van der Waals surface area contributed by atoms with Crippen molar-refractivity contribution in [3.63, 3.8) is 0 Å². The molecule has 31 heavy (non-hydrogen) atoms. The van der Waals surface area contributed by atoms with Crippen LogP contribution in [0.15, 0.2) is 65.4 Å². The molecule has 0 bridgehead atoms. The molecule has 1 N–H and O–H groups in total. The quantitative estimate of drug-likeness (QED) is 0.631. The first-order chi connectivity index (χ1) is 15.1. The van der Waals surface area contributed by atoms with Crippen molar-refractivity contribution in [1.29, 1.82) is 0 Å². The fourth-order valence-electron chi connectivity index (χ4n) is 4.35. The minimum Gasteiger partial charge on any atom is -0.496 e. The largest absolute Gasteiger partial charge is 0.496 e. The second-order valence-corrected chi connectivity index (χ2v) is 8.70. The van der Waals surface area contributed by atoms with E-state index in [0.717, 1.165) is 5.56 Å². The van der Waals surface area contributed by atoms with Crippen LogP contribution in [0.5, 0.6) is 5.75 Å². The number of methoxy groups -OCH3 is 1. The van der Waals surface area contributed by atoms with Crippen molar-refractivity contribution >= 4 is 23.2 Å². The molecule has 1 atom stereocenters. The lowest BCUT2D eigenvalue weighted by Crippen LogP contribution is -2.44. The Bertz CT molecular complexity index is 1060. The second-order valence-electron chi connectivity index (χ2n) is 7.92. The number of amides is 2. The maximum absolute atomic E-state index is 13.2.